The summed E-state index contributed by atoms with van der Waals surface area (Å²) in [5.74, 6) is -1.26. The molecule has 2 aromatic rings. The Labute approximate surface area is 322 Å². The van der Waals surface area contributed by atoms with Gasteiger partial charge in [-0.25, -0.2) is 19.2 Å². The Bertz CT molecular complexity index is 2080. The monoisotopic (exact) mass is 772 g/mol. The van der Waals surface area contributed by atoms with E-state index in [4.69, 9.17) is 18.9 Å². The van der Waals surface area contributed by atoms with E-state index in [1.165, 1.54) is 21.3 Å². The number of fused-ring (bicyclic) bond motifs is 4. The normalized spacial score (nSPS) is 16.7. The molecule has 0 saturated carbocycles. The maximum Gasteiger partial charge on any atom is 0.340 e. The predicted molar refractivity (Wildman–Crippen MR) is 198 cm³/mol. The van der Waals surface area contributed by atoms with Crippen LogP contribution in [-0.2, 0) is 44.5 Å². The Morgan fingerprint density at radius 1 is 0.536 bits per heavy atom. The number of allylic oxidation sites excluding steroid dienone is 3. The van der Waals surface area contributed by atoms with Crippen LogP contribution in [0.15, 0.2) is 65.3 Å². The fourth-order valence-corrected chi connectivity index (χ4v) is 6.86. The van der Waals surface area contributed by atoms with Crippen molar-refractivity contribution >= 4 is 53.6 Å². The summed E-state index contributed by atoms with van der Waals surface area (Å²) in [5.41, 5.74) is 5.29. The number of carbonyl (C=O) groups excluding carboxylic acids is 8. The minimum atomic E-state index is -0.388. The van der Waals surface area contributed by atoms with Crippen LogP contribution < -0.4 is 0 Å². The number of ether oxygens (including phenoxy) is 4. The van der Waals surface area contributed by atoms with Crippen molar-refractivity contribution in [3.8, 4) is 0 Å². The summed E-state index contributed by atoms with van der Waals surface area (Å²) in [6.07, 6.45) is 13.0. The molecule has 0 N–H and O–H groups in total. The average molecular weight is 773 g/mol. The van der Waals surface area contributed by atoms with Gasteiger partial charge in [-0.2, -0.15) is 0 Å². The lowest BCUT2D eigenvalue weighted by atomic mass is 10.1. The summed E-state index contributed by atoms with van der Waals surface area (Å²) >= 11 is 0. The zero-order valence-electron chi connectivity index (χ0n) is 31.8. The van der Waals surface area contributed by atoms with Gasteiger partial charge >= 0.3 is 23.9 Å². The average Bonchev–Trinajstić information content (AvgIpc) is 4.03. The van der Waals surface area contributed by atoms with E-state index in [-0.39, 0.29) is 47.5 Å². The second-order valence-electron chi connectivity index (χ2n) is 12.6. The number of rotatable bonds is 8. The summed E-state index contributed by atoms with van der Waals surface area (Å²) in [5, 5.41) is 0. The molecule has 2 amide bonds. The van der Waals surface area contributed by atoms with Crippen LogP contribution in [0.4, 0.5) is 0 Å². The van der Waals surface area contributed by atoms with Gasteiger partial charge in [-0.05, 0) is 77.7 Å². The molecule has 296 valence electrons. The van der Waals surface area contributed by atoms with E-state index in [1.807, 2.05) is 0 Å². The highest BCUT2D eigenvalue weighted by atomic mass is 16.5. The van der Waals surface area contributed by atoms with E-state index in [0.717, 1.165) is 11.4 Å². The van der Waals surface area contributed by atoms with Gasteiger partial charge in [-0.1, -0.05) is 0 Å². The van der Waals surface area contributed by atoms with E-state index in [0.29, 0.717) is 112 Å². The Balaban J connectivity index is 0.000000143. The third kappa shape index (κ3) is 8.64. The van der Waals surface area contributed by atoms with Gasteiger partial charge in [0.25, 0.3) is 11.8 Å². The van der Waals surface area contributed by atoms with Crippen molar-refractivity contribution in [2.45, 2.75) is 66.2 Å². The molecule has 0 unspecified atom stereocenters. The van der Waals surface area contributed by atoms with Crippen molar-refractivity contribution in [2.24, 2.45) is 0 Å². The van der Waals surface area contributed by atoms with Crippen LogP contribution in [-0.4, -0.2) is 106 Å². The molecule has 16 heteroatoms. The van der Waals surface area contributed by atoms with Crippen molar-refractivity contribution in [1.82, 2.24) is 18.9 Å². The quantitative estimate of drug-likeness (QED) is 0.277. The number of nitrogens with zero attached hydrogens (tertiary/aromatic N) is 4. The summed E-state index contributed by atoms with van der Waals surface area (Å²) < 4.78 is 22.5. The van der Waals surface area contributed by atoms with Crippen molar-refractivity contribution < 1.29 is 57.3 Å². The van der Waals surface area contributed by atoms with Gasteiger partial charge in [-0.15, -0.1) is 0 Å². The minimum absolute atomic E-state index is 0.0423. The molecule has 0 spiro atoms. The van der Waals surface area contributed by atoms with Crippen LogP contribution in [0.2, 0.25) is 0 Å². The highest BCUT2D eigenvalue weighted by Crippen LogP contribution is 2.33. The summed E-state index contributed by atoms with van der Waals surface area (Å²) in [4.78, 5) is 94.1. The molecule has 8 rings (SSSR count). The van der Waals surface area contributed by atoms with Crippen LogP contribution in [0.3, 0.4) is 0 Å². The number of hydrogen-bond donors (Lipinski definition) is 0. The van der Waals surface area contributed by atoms with Gasteiger partial charge < -0.3 is 28.7 Å². The van der Waals surface area contributed by atoms with Crippen LogP contribution in [0.1, 0.15) is 101 Å². The highest BCUT2D eigenvalue weighted by molar-refractivity contribution is 6.04. The number of aromatic nitrogens is 2. The Hall–Kier alpha value is -6.32. The lowest BCUT2D eigenvalue weighted by molar-refractivity contribution is -0.139. The zero-order valence-corrected chi connectivity index (χ0v) is 31.8. The predicted octanol–water partition coefficient (Wildman–Crippen LogP) is 4.02. The van der Waals surface area contributed by atoms with Gasteiger partial charge in [0, 0.05) is 61.9 Å². The minimum Gasteiger partial charge on any atom is -0.463 e. The topological polar surface area (TPSA) is 190 Å². The lowest BCUT2D eigenvalue weighted by Gasteiger charge is -2.09. The molecule has 0 radical (unpaired) electrons. The summed E-state index contributed by atoms with van der Waals surface area (Å²) in [7, 11) is 0. The first-order valence-corrected chi connectivity index (χ1v) is 18.6. The molecule has 0 atom stereocenters. The number of esters is 4. The smallest absolute Gasteiger partial charge is 0.340 e. The molecule has 16 nitrogen and oxygen atoms in total. The molecule has 0 aliphatic carbocycles. The fourth-order valence-electron chi connectivity index (χ4n) is 6.86. The maximum absolute atomic E-state index is 11.5. The van der Waals surface area contributed by atoms with Crippen LogP contribution in [0.25, 0.3) is 6.08 Å². The van der Waals surface area contributed by atoms with Gasteiger partial charge in [0.15, 0.2) is 0 Å². The van der Waals surface area contributed by atoms with E-state index >= 15 is 0 Å². The molecule has 6 aliphatic rings. The molecule has 0 aromatic carbocycles. The SMILES string of the molecule is CCOC(=O)C1=C2C=CC(=O)N2CC1.CCOC(=O)C1=C2CCC(=O)N2CC1.CCOC(=O)c1ccn2c1C=CC2=O.CCOC(=O)c1ccn2c1CCC2=O. The summed E-state index contributed by atoms with van der Waals surface area (Å²) in [6.45, 7) is 9.77. The van der Waals surface area contributed by atoms with Crippen molar-refractivity contribution in [1.29, 1.82) is 0 Å². The van der Waals surface area contributed by atoms with Crippen LogP contribution in [0, 0.1) is 0 Å². The molecular weight excluding hydrogens is 728 g/mol. The second kappa shape index (κ2) is 18.3. The lowest BCUT2D eigenvalue weighted by Crippen LogP contribution is -2.20. The number of carbonyl (C=O) groups is 8. The van der Waals surface area contributed by atoms with Gasteiger partial charge in [0.2, 0.25) is 11.8 Å². The Kier molecular flexibility index (Phi) is 13.4. The van der Waals surface area contributed by atoms with Gasteiger partial charge in [0.1, 0.15) is 0 Å². The summed E-state index contributed by atoms with van der Waals surface area (Å²) in [6, 6.07) is 3.24. The molecule has 6 aliphatic heterocycles. The van der Waals surface area contributed by atoms with E-state index < -0.39 is 0 Å². The maximum atomic E-state index is 11.5. The number of hydrogen-bond acceptors (Lipinski definition) is 12. The zero-order chi connectivity index (χ0) is 40.5. The molecule has 1 saturated heterocycles. The van der Waals surface area contributed by atoms with Crippen LogP contribution >= 0.6 is 0 Å². The third-order valence-electron chi connectivity index (χ3n) is 9.39. The molecule has 8 heterocycles. The van der Waals surface area contributed by atoms with E-state index in [1.54, 1.807) is 74.2 Å². The first-order chi connectivity index (χ1) is 26.9. The Morgan fingerprint density at radius 3 is 1.75 bits per heavy atom. The van der Waals surface area contributed by atoms with E-state index in [9.17, 15) is 38.4 Å². The fraction of sp³-hybridized carbons (Fsp3) is 0.400. The first kappa shape index (κ1) is 40.9. The molecule has 1 fully saturated rings. The van der Waals surface area contributed by atoms with Crippen molar-refractivity contribution in [3.05, 3.63) is 87.8 Å². The molecule has 56 heavy (non-hydrogen) atoms. The molecule has 2 aromatic heterocycles. The van der Waals surface area contributed by atoms with Crippen molar-refractivity contribution in [3.63, 3.8) is 0 Å². The Morgan fingerprint density at radius 2 is 1.07 bits per heavy atom. The largest absolute Gasteiger partial charge is 0.463 e. The molecule has 0 bridgehead atoms. The third-order valence-corrected chi connectivity index (χ3v) is 9.39. The number of amides is 2. The van der Waals surface area contributed by atoms with Gasteiger partial charge in [0.05, 0.1) is 60.1 Å². The molecular formula is C40H44N4O12. The first-order valence-electron chi connectivity index (χ1n) is 18.6. The van der Waals surface area contributed by atoms with E-state index in [2.05, 4.69) is 0 Å². The van der Waals surface area contributed by atoms with Crippen LogP contribution in [0.5, 0.6) is 0 Å². The van der Waals surface area contributed by atoms with Crippen molar-refractivity contribution in [2.75, 3.05) is 39.5 Å². The van der Waals surface area contributed by atoms with Gasteiger partial charge in [-0.3, -0.25) is 28.3 Å². The highest BCUT2D eigenvalue weighted by Gasteiger charge is 2.36. The second-order valence-corrected chi connectivity index (χ2v) is 12.6. The standard InChI is InChI=1S/C10H13NO3.2C10H11NO3.C10H9NO3/c4*1-2-14-10(13)7-5-6-11-8(7)3-4-9(11)12/h2-6H2,1H3;5-6H,2-4H2,1H3;3-4H,2,5-6H2,1H3;3-6H,2H2,1H3.